The molecule has 0 bridgehead atoms. The van der Waals surface area contributed by atoms with E-state index in [1.807, 2.05) is 6.07 Å². The average Bonchev–Trinajstić information content (AvgIpc) is 2.30. The van der Waals surface area contributed by atoms with E-state index in [0.717, 1.165) is 5.56 Å². The summed E-state index contributed by atoms with van der Waals surface area (Å²) >= 11 is 0. The van der Waals surface area contributed by atoms with Crippen LogP contribution in [0.2, 0.25) is 0 Å². The molecule has 2 rings (SSSR count). The molecule has 0 spiro atoms. The highest BCUT2D eigenvalue weighted by Crippen LogP contribution is 2.16. The Labute approximate surface area is 91.9 Å². The van der Waals surface area contributed by atoms with Crippen LogP contribution in [0.3, 0.4) is 0 Å². The summed E-state index contributed by atoms with van der Waals surface area (Å²) in [5.41, 5.74) is 12.5. The molecule has 2 aromatic rings. The van der Waals surface area contributed by atoms with Gasteiger partial charge in [0.25, 0.3) is 0 Å². The van der Waals surface area contributed by atoms with Crippen molar-refractivity contribution in [3.63, 3.8) is 0 Å². The van der Waals surface area contributed by atoms with Crippen LogP contribution in [0, 0.1) is 5.41 Å². The van der Waals surface area contributed by atoms with Crippen molar-refractivity contribution in [2.75, 3.05) is 5.73 Å². The van der Waals surface area contributed by atoms with Crippen LogP contribution < -0.4 is 11.5 Å². The van der Waals surface area contributed by atoms with E-state index in [1.54, 1.807) is 18.5 Å². The van der Waals surface area contributed by atoms with Gasteiger partial charge in [-0.1, -0.05) is 0 Å². The lowest BCUT2D eigenvalue weighted by molar-refractivity contribution is 1.17. The number of amidine groups is 1. The molecule has 0 amide bonds. The third-order valence-electron chi connectivity index (χ3n) is 2.01. The number of hydrogen-bond donors (Lipinski definition) is 3. The van der Waals surface area contributed by atoms with Crippen LogP contribution >= 0.6 is 0 Å². The van der Waals surface area contributed by atoms with Crippen LogP contribution in [0.25, 0.3) is 11.3 Å². The minimum absolute atomic E-state index is 0.153. The molecule has 0 aliphatic rings. The minimum atomic E-state index is -0.198. The molecule has 2 aromatic heterocycles. The molecule has 0 fully saturated rings. The summed E-state index contributed by atoms with van der Waals surface area (Å²) in [5.74, 6) is -0.0455. The lowest BCUT2D eigenvalue weighted by Gasteiger charge is -2.04. The standard InChI is InChI=1S/C10H10N6/c11-9(12)8-10(13)15-5-7(16-8)6-2-1-3-14-4-6/h1-5H,(H3,11,12)(H2,13,15). The van der Waals surface area contributed by atoms with Gasteiger partial charge in [0.1, 0.15) is 11.5 Å². The lowest BCUT2D eigenvalue weighted by atomic mass is 10.2. The summed E-state index contributed by atoms with van der Waals surface area (Å²) in [4.78, 5) is 12.1. The van der Waals surface area contributed by atoms with Crippen molar-refractivity contribution in [3.05, 3.63) is 36.4 Å². The molecular weight excluding hydrogens is 204 g/mol. The maximum absolute atomic E-state index is 7.32. The first-order valence-corrected chi connectivity index (χ1v) is 4.56. The Morgan fingerprint density at radius 1 is 1.31 bits per heavy atom. The molecule has 16 heavy (non-hydrogen) atoms. The molecule has 0 aliphatic heterocycles. The van der Waals surface area contributed by atoms with Crippen molar-refractivity contribution in [2.45, 2.75) is 0 Å². The molecule has 0 atom stereocenters. The molecule has 2 heterocycles. The number of nitrogens with two attached hydrogens (primary N) is 2. The number of pyridine rings is 1. The third kappa shape index (κ3) is 1.81. The van der Waals surface area contributed by atoms with Gasteiger partial charge >= 0.3 is 0 Å². The zero-order valence-corrected chi connectivity index (χ0v) is 8.38. The van der Waals surface area contributed by atoms with Gasteiger partial charge < -0.3 is 11.5 Å². The minimum Gasteiger partial charge on any atom is -0.382 e. The zero-order chi connectivity index (χ0) is 11.5. The van der Waals surface area contributed by atoms with Gasteiger partial charge in [0.05, 0.1) is 11.9 Å². The highest BCUT2D eigenvalue weighted by Gasteiger charge is 2.08. The Hall–Kier alpha value is -2.50. The Kier molecular flexibility index (Phi) is 2.47. The molecule has 0 saturated carbocycles. The first-order chi connectivity index (χ1) is 7.68. The highest BCUT2D eigenvalue weighted by molar-refractivity contribution is 5.97. The molecule has 5 N–H and O–H groups in total. The molecule has 0 saturated heterocycles. The summed E-state index contributed by atoms with van der Waals surface area (Å²) in [6, 6.07) is 3.64. The molecular formula is C10H10N6. The van der Waals surface area contributed by atoms with Gasteiger partial charge in [0.15, 0.2) is 5.82 Å². The number of nitrogen functional groups attached to an aromatic ring is 2. The number of aromatic nitrogens is 3. The van der Waals surface area contributed by atoms with Gasteiger partial charge in [-0.2, -0.15) is 0 Å². The van der Waals surface area contributed by atoms with Crippen molar-refractivity contribution in [3.8, 4) is 11.3 Å². The Balaban J connectivity index is 2.52. The van der Waals surface area contributed by atoms with Crippen LogP contribution in [0.1, 0.15) is 5.69 Å². The van der Waals surface area contributed by atoms with E-state index in [4.69, 9.17) is 16.9 Å². The molecule has 6 heteroatoms. The third-order valence-corrected chi connectivity index (χ3v) is 2.01. The fourth-order valence-corrected chi connectivity index (χ4v) is 1.25. The molecule has 6 nitrogen and oxygen atoms in total. The number of hydrogen-bond acceptors (Lipinski definition) is 5. The van der Waals surface area contributed by atoms with Crippen molar-refractivity contribution >= 4 is 11.7 Å². The van der Waals surface area contributed by atoms with Crippen LogP contribution in [-0.4, -0.2) is 20.8 Å². The second-order valence-electron chi connectivity index (χ2n) is 3.14. The molecule has 0 aromatic carbocycles. The topological polar surface area (TPSA) is 115 Å². The smallest absolute Gasteiger partial charge is 0.153 e. The normalized spacial score (nSPS) is 10.0. The first kappa shape index (κ1) is 10.0. The van der Waals surface area contributed by atoms with Crippen molar-refractivity contribution in [1.82, 2.24) is 15.0 Å². The largest absolute Gasteiger partial charge is 0.382 e. The predicted molar refractivity (Wildman–Crippen MR) is 60.7 cm³/mol. The molecule has 0 unspecified atom stereocenters. The molecule has 0 aliphatic carbocycles. The zero-order valence-electron chi connectivity index (χ0n) is 8.38. The fraction of sp³-hybridized carbons (Fsp3) is 0. The van der Waals surface area contributed by atoms with Crippen molar-refractivity contribution < 1.29 is 0 Å². The maximum atomic E-state index is 7.32. The van der Waals surface area contributed by atoms with Crippen molar-refractivity contribution in [2.24, 2.45) is 5.73 Å². The SMILES string of the molecule is N=C(N)c1nc(-c2cccnc2)cnc1N. The van der Waals surface area contributed by atoms with E-state index in [-0.39, 0.29) is 17.3 Å². The van der Waals surface area contributed by atoms with E-state index < -0.39 is 0 Å². The van der Waals surface area contributed by atoms with Crippen LogP contribution in [0.4, 0.5) is 5.82 Å². The van der Waals surface area contributed by atoms with E-state index in [1.165, 1.54) is 6.20 Å². The van der Waals surface area contributed by atoms with E-state index in [9.17, 15) is 0 Å². The number of anilines is 1. The predicted octanol–water partition coefficient (Wildman–Crippen LogP) is 0.405. The monoisotopic (exact) mass is 214 g/mol. The van der Waals surface area contributed by atoms with Gasteiger partial charge in [0.2, 0.25) is 0 Å². The summed E-state index contributed by atoms with van der Waals surface area (Å²) in [6.45, 7) is 0. The maximum Gasteiger partial charge on any atom is 0.153 e. The average molecular weight is 214 g/mol. The van der Waals surface area contributed by atoms with Gasteiger partial charge in [-0.25, -0.2) is 9.97 Å². The number of nitrogens with zero attached hydrogens (tertiary/aromatic N) is 3. The second-order valence-corrected chi connectivity index (χ2v) is 3.14. The van der Waals surface area contributed by atoms with E-state index >= 15 is 0 Å². The lowest BCUT2D eigenvalue weighted by Crippen LogP contribution is -2.17. The highest BCUT2D eigenvalue weighted by atomic mass is 14.9. The Bertz CT molecular complexity index is 522. The van der Waals surface area contributed by atoms with Crippen LogP contribution in [0.15, 0.2) is 30.7 Å². The van der Waals surface area contributed by atoms with Gasteiger partial charge in [-0.05, 0) is 12.1 Å². The van der Waals surface area contributed by atoms with Gasteiger partial charge in [0, 0.05) is 18.0 Å². The number of nitrogens with one attached hydrogen (secondary N) is 1. The van der Waals surface area contributed by atoms with E-state index in [0.29, 0.717) is 5.69 Å². The molecule has 80 valence electrons. The summed E-state index contributed by atoms with van der Waals surface area (Å²) in [5, 5.41) is 7.32. The first-order valence-electron chi connectivity index (χ1n) is 4.56. The molecule has 0 radical (unpaired) electrons. The Morgan fingerprint density at radius 2 is 2.12 bits per heavy atom. The summed E-state index contributed by atoms with van der Waals surface area (Å²) in [7, 11) is 0. The number of rotatable bonds is 2. The van der Waals surface area contributed by atoms with Crippen molar-refractivity contribution in [1.29, 1.82) is 5.41 Å². The van der Waals surface area contributed by atoms with Crippen LogP contribution in [-0.2, 0) is 0 Å². The van der Waals surface area contributed by atoms with Gasteiger partial charge in [-0.15, -0.1) is 0 Å². The van der Waals surface area contributed by atoms with Crippen LogP contribution in [0.5, 0.6) is 0 Å². The fourth-order valence-electron chi connectivity index (χ4n) is 1.25. The van der Waals surface area contributed by atoms with Gasteiger partial charge in [-0.3, -0.25) is 10.4 Å². The summed E-state index contributed by atoms with van der Waals surface area (Å²) in [6.07, 6.45) is 4.85. The second kappa shape index (κ2) is 3.93. The quantitative estimate of drug-likeness (QED) is 0.494. The summed E-state index contributed by atoms with van der Waals surface area (Å²) < 4.78 is 0. The Morgan fingerprint density at radius 3 is 2.75 bits per heavy atom. The van der Waals surface area contributed by atoms with E-state index in [2.05, 4.69) is 15.0 Å².